The largest absolute Gasteiger partial charge is 0.492 e. The molecule has 0 aromatic heterocycles. The van der Waals surface area contributed by atoms with Crippen molar-refractivity contribution in [2.24, 2.45) is 0 Å². The van der Waals surface area contributed by atoms with Gasteiger partial charge in [0.25, 0.3) is 0 Å². The molecule has 0 spiro atoms. The highest BCUT2D eigenvalue weighted by molar-refractivity contribution is 5.78. The van der Waals surface area contributed by atoms with Crippen molar-refractivity contribution in [1.29, 1.82) is 0 Å². The van der Waals surface area contributed by atoms with E-state index in [0.717, 1.165) is 25.1 Å². The van der Waals surface area contributed by atoms with Gasteiger partial charge < -0.3 is 10.1 Å². The van der Waals surface area contributed by atoms with Crippen LogP contribution in [-0.2, 0) is 4.79 Å². The number of likely N-dealkylation sites (N-methyl/N-ethyl adjacent to an activating group) is 1. The van der Waals surface area contributed by atoms with Crippen LogP contribution in [-0.4, -0.2) is 43.6 Å². The van der Waals surface area contributed by atoms with E-state index in [1.165, 1.54) is 5.56 Å². The van der Waals surface area contributed by atoms with Gasteiger partial charge in [0.2, 0.25) is 5.91 Å². The molecule has 104 valence electrons. The number of nitrogens with zero attached hydrogens (tertiary/aromatic N) is 1. The topological polar surface area (TPSA) is 41.6 Å². The minimum Gasteiger partial charge on any atom is -0.492 e. The summed E-state index contributed by atoms with van der Waals surface area (Å²) in [6, 6.07) is 8.43. The minimum absolute atomic E-state index is 0.112. The van der Waals surface area contributed by atoms with Crippen LogP contribution in [0.3, 0.4) is 0 Å². The van der Waals surface area contributed by atoms with Gasteiger partial charge >= 0.3 is 0 Å². The first-order chi connectivity index (χ1) is 9.13. The molecule has 1 saturated carbocycles. The molecule has 1 N–H and O–H groups in total. The number of carbonyl (C=O) groups excluding carboxylic acids is 1. The Labute approximate surface area is 114 Å². The quantitative estimate of drug-likeness (QED) is 0.811. The maximum absolute atomic E-state index is 11.6. The monoisotopic (exact) mass is 262 g/mol. The van der Waals surface area contributed by atoms with Crippen molar-refractivity contribution in [3.63, 3.8) is 0 Å². The molecule has 0 aliphatic heterocycles. The molecule has 1 aliphatic rings. The van der Waals surface area contributed by atoms with E-state index in [2.05, 4.69) is 5.32 Å². The van der Waals surface area contributed by atoms with Crippen LogP contribution in [0, 0.1) is 6.92 Å². The third kappa shape index (κ3) is 5.30. The van der Waals surface area contributed by atoms with Crippen LogP contribution in [0.15, 0.2) is 24.3 Å². The second kappa shape index (κ2) is 6.57. The van der Waals surface area contributed by atoms with Gasteiger partial charge in [-0.25, -0.2) is 0 Å². The molecule has 0 radical (unpaired) electrons. The Morgan fingerprint density at radius 3 is 2.95 bits per heavy atom. The molecule has 2 rings (SSSR count). The van der Waals surface area contributed by atoms with Gasteiger partial charge in [-0.15, -0.1) is 0 Å². The number of hydrogen-bond donors (Lipinski definition) is 1. The molecule has 1 amide bonds. The Kier molecular flexibility index (Phi) is 4.80. The second-order valence-corrected chi connectivity index (χ2v) is 5.24. The SMILES string of the molecule is Cc1cccc(OCCN(C)CC(=O)NC2CC2)c1. The molecule has 19 heavy (non-hydrogen) atoms. The van der Waals surface area contributed by atoms with Gasteiger partial charge in [0.15, 0.2) is 0 Å². The third-order valence-electron chi connectivity index (χ3n) is 3.09. The lowest BCUT2D eigenvalue weighted by atomic mass is 10.2. The normalized spacial score (nSPS) is 14.5. The Balaban J connectivity index is 1.62. The summed E-state index contributed by atoms with van der Waals surface area (Å²) in [5, 5.41) is 2.98. The van der Waals surface area contributed by atoms with Crippen LogP contribution < -0.4 is 10.1 Å². The Hall–Kier alpha value is -1.55. The van der Waals surface area contributed by atoms with Gasteiger partial charge in [0.05, 0.1) is 6.54 Å². The van der Waals surface area contributed by atoms with Crippen molar-refractivity contribution in [3.05, 3.63) is 29.8 Å². The molecule has 4 nitrogen and oxygen atoms in total. The molecule has 0 atom stereocenters. The van der Waals surface area contributed by atoms with Crippen molar-refractivity contribution >= 4 is 5.91 Å². The molecule has 1 aliphatic carbocycles. The number of benzene rings is 1. The average molecular weight is 262 g/mol. The summed E-state index contributed by atoms with van der Waals surface area (Å²) in [6.45, 7) is 3.82. The molecule has 1 aromatic carbocycles. The summed E-state index contributed by atoms with van der Waals surface area (Å²) >= 11 is 0. The number of rotatable bonds is 7. The van der Waals surface area contributed by atoms with Crippen LogP contribution in [0.25, 0.3) is 0 Å². The van der Waals surface area contributed by atoms with Crippen LogP contribution in [0.4, 0.5) is 0 Å². The predicted octanol–water partition coefficient (Wildman–Crippen LogP) is 1.58. The van der Waals surface area contributed by atoms with E-state index in [1.807, 2.05) is 43.1 Å². The van der Waals surface area contributed by atoms with Crippen molar-refractivity contribution < 1.29 is 9.53 Å². The Morgan fingerprint density at radius 2 is 2.26 bits per heavy atom. The molecule has 0 unspecified atom stereocenters. The van der Waals surface area contributed by atoms with E-state index in [9.17, 15) is 4.79 Å². The van der Waals surface area contributed by atoms with Gasteiger partial charge in [-0.2, -0.15) is 0 Å². The van der Waals surface area contributed by atoms with Gasteiger partial charge in [0.1, 0.15) is 12.4 Å². The van der Waals surface area contributed by atoms with Crippen molar-refractivity contribution in [1.82, 2.24) is 10.2 Å². The second-order valence-electron chi connectivity index (χ2n) is 5.24. The van der Waals surface area contributed by atoms with Gasteiger partial charge in [0, 0.05) is 12.6 Å². The fraction of sp³-hybridized carbons (Fsp3) is 0.533. The lowest BCUT2D eigenvalue weighted by molar-refractivity contribution is -0.122. The van der Waals surface area contributed by atoms with E-state index in [1.54, 1.807) is 0 Å². The van der Waals surface area contributed by atoms with Crippen LogP contribution in [0.1, 0.15) is 18.4 Å². The maximum atomic E-state index is 11.6. The van der Waals surface area contributed by atoms with E-state index >= 15 is 0 Å². The molecule has 0 heterocycles. The van der Waals surface area contributed by atoms with Crippen molar-refractivity contribution in [2.75, 3.05) is 26.7 Å². The Bertz CT molecular complexity index is 430. The zero-order chi connectivity index (χ0) is 13.7. The number of aryl methyl sites for hydroxylation is 1. The molecule has 0 bridgehead atoms. The van der Waals surface area contributed by atoms with Crippen molar-refractivity contribution in [3.8, 4) is 5.75 Å². The molecular weight excluding hydrogens is 240 g/mol. The maximum Gasteiger partial charge on any atom is 0.234 e. The number of carbonyl (C=O) groups is 1. The average Bonchev–Trinajstić information content (AvgIpc) is 3.12. The number of ether oxygens (including phenoxy) is 1. The summed E-state index contributed by atoms with van der Waals surface area (Å²) in [7, 11) is 1.94. The van der Waals surface area contributed by atoms with Crippen LogP contribution in [0.2, 0.25) is 0 Å². The standard InChI is InChI=1S/C15H22N2O2/c1-12-4-3-5-14(10-12)19-9-8-17(2)11-15(18)16-13-6-7-13/h3-5,10,13H,6-9,11H2,1-2H3,(H,16,18). The zero-order valence-corrected chi connectivity index (χ0v) is 11.7. The lowest BCUT2D eigenvalue weighted by Crippen LogP contribution is -2.37. The Morgan fingerprint density at radius 1 is 1.47 bits per heavy atom. The van der Waals surface area contributed by atoms with Gasteiger partial charge in [-0.3, -0.25) is 9.69 Å². The number of hydrogen-bond acceptors (Lipinski definition) is 3. The molecule has 1 aromatic rings. The summed E-state index contributed by atoms with van der Waals surface area (Å²) in [5.74, 6) is 0.997. The fourth-order valence-electron chi connectivity index (χ4n) is 1.85. The number of amides is 1. The highest BCUT2D eigenvalue weighted by Crippen LogP contribution is 2.18. The third-order valence-corrected chi connectivity index (χ3v) is 3.09. The zero-order valence-electron chi connectivity index (χ0n) is 11.7. The fourth-order valence-corrected chi connectivity index (χ4v) is 1.85. The van der Waals surface area contributed by atoms with E-state index in [4.69, 9.17) is 4.74 Å². The first kappa shape index (κ1) is 13.9. The summed E-state index contributed by atoms with van der Waals surface area (Å²) in [4.78, 5) is 13.6. The summed E-state index contributed by atoms with van der Waals surface area (Å²) in [5.41, 5.74) is 1.19. The lowest BCUT2D eigenvalue weighted by Gasteiger charge is -2.16. The first-order valence-electron chi connectivity index (χ1n) is 6.81. The van der Waals surface area contributed by atoms with Gasteiger partial charge in [-0.1, -0.05) is 12.1 Å². The minimum atomic E-state index is 0.112. The predicted molar refractivity (Wildman–Crippen MR) is 75.3 cm³/mol. The summed E-state index contributed by atoms with van der Waals surface area (Å²) in [6.07, 6.45) is 2.26. The molecular formula is C15H22N2O2. The number of nitrogens with one attached hydrogen (secondary N) is 1. The van der Waals surface area contributed by atoms with E-state index < -0.39 is 0 Å². The van der Waals surface area contributed by atoms with Crippen LogP contribution in [0.5, 0.6) is 5.75 Å². The van der Waals surface area contributed by atoms with Crippen molar-refractivity contribution in [2.45, 2.75) is 25.8 Å². The van der Waals surface area contributed by atoms with Crippen LogP contribution >= 0.6 is 0 Å². The smallest absolute Gasteiger partial charge is 0.234 e. The summed E-state index contributed by atoms with van der Waals surface area (Å²) < 4.78 is 5.66. The molecule has 4 heteroatoms. The highest BCUT2D eigenvalue weighted by atomic mass is 16.5. The first-order valence-corrected chi connectivity index (χ1v) is 6.81. The molecule has 0 saturated heterocycles. The van der Waals surface area contributed by atoms with E-state index in [0.29, 0.717) is 19.2 Å². The molecule has 1 fully saturated rings. The van der Waals surface area contributed by atoms with Gasteiger partial charge in [-0.05, 0) is 44.5 Å². The van der Waals surface area contributed by atoms with E-state index in [-0.39, 0.29) is 5.91 Å². The highest BCUT2D eigenvalue weighted by Gasteiger charge is 2.23.